The molecule has 0 aliphatic carbocycles. The van der Waals surface area contributed by atoms with Crippen LogP contribution in [0.2, 0.25) is 0 Å². The number of alkyl halides is 1. The van der Waals surface area contributed by atoms with Gasteiger partial charge in [-0.1, -0.05) is 13.8 Å². The number of carbonyl (C=O) groups excluding carboxylic acids is 2. The van der Waals surface area contributed by atoms with Crippen molar-refractivity contribution in [2.45, 2.75) is 32.1 Å². The minimum atomic E-state index is -0.619. The molecule has 1 amide bonds. The molecule has 3 nitrogen and oxygen atoms in total. The largest absolute Gasteiger partial charge is 0.326 e. The van der Waals surface area contributed by atoms with E-state index in [0.717, 1.165) is 5.56 Å². The van der Waals surface area contributed by atoms with Gasteiger partial charge in [-0.3, -0.25) is 9.59 Å². The van der Waals surface area contributed by atoms with Crippen LogP contribution < -0.4 is 5.32 Å². The van der Waals surface area contributed by atoms with Gasteiger partial charge in [0.15, 0.2) is 5.78 Å². The van der Waals surface area contributed by atoms with E-state index in [-0.39, 0.29) is 29.6 Å². The molecule has 0 saturated carbocycles. The molecule has 0 spiro atoms. The molecule has 0 bridgehead atoms. The minimum absolute atomic E-state index is 0.0450. The lowest BCUT2D eigenvalue weighted by Gasteiger charge is -2.32. The van der Waals surface area contributed by atoms with Crippen molar-refractivity contribution in [3.05, 3.63) is 29.1 Å². The van der Waals surface area contributed by atoms with Crippen molar-refractivity contribution in [2.75, 3.05) is 11.2 Å². The van der Waals surface area contributed by atoms with E-state index in [1.807, 2.05) is 13.8 Å². The number of nitrogens with one attached hydrogen (secondary N) is 1. The SMILES string of the molecule is CC1(C)CC(=O)Nc2cc(F)c(C(=O)CCCl)cc21. The van der Waals surface area contributed by atoms with Crippen molar-refractivity contribution in [3.63, 3.8) is 0 Å². The number of fused-ring (bicyclic) bond motifs is 1. The van der Waals surface area contributed by atoms with Crippen LogP contribution >= 0.6 is 11.6 Å². The fraction of sp³-hybridized carbons (Fsp3) is 0.429. The first-order valence-electron chi connectivity index (χ1n) is 6.08. The minimum Gasteiger partial charge on any atom is -0.326 e. The summed E-state index contributed by atoms with van der Waals surface area (Å²) in [7, 11) is 0. The molecule has 1 aliphatic heterocycles. The summed E-state index contributed by atoms with van der Waals surface area (Å²) in [5, 5.41) is 2.64. The third kappa shape index (κ3) is 2.63. The van der Waals surface area contributed by atoms with Gasteiger partial charge in [-0.15, -0.1) is 11.6 Å². The van der Waals surface area contributed by atoms with Crippen molar-refractivity contribution in [2.24, 2.45) is 0 Å². The van der Waals surface area contributed by atoms with Crippen LogP contribution in [-0.4, -0.2) is 17.6 Å². The van der Waals surface area contributed by atoms with Crippen LogP contribution in [0.5, 0.6) is 0 Å². The Bertz CT molecular complexity index is 555. The van der Waals surface area contributed by atoms with Gasteiger partial charge in [-0.2, -0.15) is 0 Å². The summed E-state index contributed by atoms with van der Waals surface area (Å²) in [6.07, 6.45) is 0.415. The molecule has 5 heteroatoms. The molecular formula is C14H15ClFNO2. The summed E-state index contributed by atoms with van der Waals surface area (Å²) >= 11 is 5.52. The highest BCUT2D eigenvalue weighted by molar-refractivity contribution is 6.19. The van der Waals surface area contributed by atoms with E-state index in [2.05, 4.69) is 5.32 Å². The Morgan fingerprint density at radius 1 is 1.47 bits per heavy atom. The molecule has 1 N–H and O–H groups in total. The molecule has 102 valence electrons. The van der Waals surface area contributed by atoms with Crippen molar-refractivity contribution in [3.8, 4) is 0 Å². The van der Waals surface area contributed by atoms with Crippen LogP contribution in [0, 0.1) is 5.82 Å². The second-order valence-corrected chi connectivity index (χ2v) is 5.73. The maximum atomic E-state index is 13.9. The van der Waals surface area contributed by atoms with Gasteiger partial charge in [-0.05, 0) is 17.7 Å². The number of rotatable bonds is 3. The first kappa shape index (κ1) is 14.0. The Hall–Kier alpha value is -1.42. The van der Waals surface area contributed by atoms with E-state index in [9.17, 15) is 14.0 Å². The summed E-state index contributed by atoms with van der Waals surface area (Å²) in [6.45, 7) is 3.80. The molecule has 0 radical (unpaired) electrons. The van der Waals surface area contributed by atoms with E-state index in [4.69, 9.17) is 11.6 Å². The Balaban J connectivity index is 2.53. The molecule has 2 rings (SSSR count). The zero-order chi connectivity index (χ0) is 14.2. The van der Waals surface area contributed by atoms with Crippen LogP contribution in [0.1, 0.15) is 42.6 Å². The van der Waals surface area contributed by atoms with Gasteiger partial charge in [-0.25, -0.2) is 4.39 Å². The highest BCUT2D eigenvalue weighted by atomic mass is 35.5. The number of Topliss-reactive ketones (excluding diaryl/α,β-unsaturated/α-hetero) is 1. The summed E-state index contributed by atoms with van der Waals surface area (Å²) in [5.41, 5.74) is 0.859. The summed E-state index contributed by atoms with van der Waals surface area (Å²) < 4.78 is 13.9. The average molecular weight is 284 g/mol. The molecule has 1 heterocycles. The topological polar surface area (TPSA) is 46.2 Å². The van der Waals surface area contributed by atoms with Crippen LogP contribution in [0.25, 0.3) is 0 Å². The van der Waals surface area contributed by atoms with Crippen LogP contribution in [-0.2, 0) is 10.2 Å². The Morgan fingerprint density at radius 2 is 2.16 bits per heavy atom. The fourth-order valence-electron chi connectivity index (χ4n) is 2.36. The van der Waals surface area contributed by atoms with Crippen molar-refractivity contribution < 1.29 is 14.0 Å². The zero-order valence-corrected chi connectivity index (χ0v) is 11.6. The fourth-order valence-corrected chi connectivity index (χ4v) is 2.53. The second kappa shape index (κ2) is 4.93. The van der Waals surface area contributed by atoms with Crippen molar-refractivity contribution in [1.29, 1.82) is 0 Å². The number of hydrogen-bond acceptors (Lipinski definition) is 2. The summed E-state index contributed by atoms with van der Waals surface area (Å²) in [6, 6.07) is 2.76. The number of ketones is 1. The number of benzene rings is 1. The van der Waals surface area contributed by atoms with Crippen molar-refractivity contribution >= 4 is 29.0 Å². The van der Waals surface area contributed by atoms with Crippen molar-refractivity contribution in [1.82, 2.24) is 0 Å². The first-order chi connectivity index (χ1) is 8.85. The zero-order valence-electron chi connectivity index (χ0n) is 10.8. The Labute approximate surface area is 116 Å². The smallest absolute Gasteiger partial charge is 0.225 e. The number of hydrogen-bond donors (Lipinski definition) is 1. The van der Waals surface area contributed by atoms with E-state index >= 15 is 0 Å². The molecule has 1 aromatic rings. The van der Waals surface area contributed by atoms with Gasteiger partial charge in [0.1, 0.15) is 5.82 Å². The predicted molar refractivity (Wildman–Crippen MR) is 72.3 cm³/mol. The maximum Gasteiger partial charge on any atom is 0.225 e. The molecule has 0 unspecified atom stereocenters. The van der Waals surface area contributed by atoms with E-state index < -0.39 is 11.2 Å². The lowest BCUT2D eigenvalue weighted by molar-refractivity contribution is -0.117. The Morgan fingerprint density at radius 3 is 2.79 bits per heavy atom. The predicted octanol–water partition coefficient (Wildman–Crippen LogP) is 3.26. The monoisotopic (exact) mass is 283 g/mol. The lowest BCUT2D eigenvalue weighted by atomic mass is 9.77. The van der Waals surface area contributed by atoms with Gasteiger partial charge in [0, 0.05) is 29.8 Å². The van der Waals surface area contributed by atoms with Gasteiger partial charge < -0.3 is 5.32 Å². The highest BCUT2D eigenvalue weighted by Gasteiger charge is 2.33. The quantitative estimate of drug-likeness (QED) is 0.684. The van der Waals surface area contributed by atoms with E-state index in [1.165, 1.54) is 6.07 Å². The number of amides is 1. The van der Waals surface area contributed by atoms with Gasteiger partial charge >= 0.3 is 0 Å². The molecule has 19 heavy (non-hydrogen) atoms. The average Bonchev–Trinajstić information content (AvgIpc) is 2.26. The summed E-state index contributed by atoms with van der Waals surface area (Å²) in [5.74, 6) is -0.915. The number of carbonyl (C=O) groups is 2. The number of halogens is 2. The van der Waals surface area contributed by atoms with E-state index in [0.29, 0.717) is 12.1 Å². The van der Waals surface area contributed by atoms with Gasteiger partial charge in [0.2, 0.25) is 5.91 Å². The molecule has 0 atom stereocenters. The highest BCUT2D eigenvalue weighted by Crippen LogP contribution is 2.38. The van der Waals surface area contributed by atoms with Crippen LogP contribution in [0.3, 0.4) is 0 Å². The first-order valence-corrected chi connectivity index (χ1v) is 6.61. The van der Waals surface area contributed by atoms with Crippen LogP contribution in [0.4, 0.5) is 10.1 Å². The second-order valence-electron chi connectivity index (χ2n) is 5.35. The normalized spacial score (nSPS) is 16.7. The maximum absolute atomic E-state index is 13.9. The lowest BCUT2D eigenvalue weighted by Crippen LogP contribution is -2.33. The molecule has 1 aromatic carbocycles. The van der Waals surface area contributed by atoms with E-state index in [1.54, 1.807) is 6.07 Å². The third-order valence-electron chi connectivity index (χ3n) is 3.33. The standard InChI is InChI=1S/C14H15ClFNO2/c1-14(2)7-13(19)17-11-6-10(16)8(5-9(11)14)12(18)3-4-15/h5-6H,3-4,7H2,1-2H3,(H,17,19). The molecule has 1 aliphatic rings. The van der Waals surface area contributed by atoms with Gasteiger partial charge in [0.25, 0.3) is 0 Å². The molecule has 0 aromatic heterocycles. The van der Waals surface area contributed by atoms with Crippen LogP contribution in [0.15, 0.2) is 12.1 Å². The molecule has 0 saturated heterocycles. The third-order valence-corrected chi connectivity index (χ3v) is 3.52. The molecular weight excluding hydrogens is 269 g/mol. The van der Waals surface area contributed by atoms with Gasteiger partial charge in [0.05, 0.1) is 5.56 Å². The summed E-state index contributed by atoms with van der Waals surface area (Å²) in [4.78, 5) is 23.4. The molecule has 0 fully saturated rings. The number of anilines is 1. The Kier molecular flexibility index (Phi) is 3.63.